The van der Waals surface area contributed by atoms with Gasteiger partial charge in [-0.3, -0.25) is 9.59 Å². The van der Waals surface area contributed by atoms with Gasteiger partial charge in [-0.15, -0.1) is 0 Å². The number of amides is 2. The first-order chi connectivity index (χ1) is 10.2. The van der Waals surface area contributed by atoms with Crippen molar-refractivity contribution in [3.05, 3.63) is 48.3 Å². The van der Waals surface area contributed by atoms with Crippen LogP contribution in [0.15, 0.2) is 45.6 Å². The number of carbonyl (C=O) groups is 2. The van der Waals surface area contributed by atoms with Gasteiger partial charge in [0, 0.05) is 7.11 Å². The van der Waals surface area contributed by atoms with Gasteiger partial charge in [0.15, 0.2) is 0 Å². The van der Waals surface area contributed by atoms with Crippen molar-refractivity contribution >= 4 is 11.8 Å². The van der Waals surface area contributed by atoms with E-state index in [1.165, 1.54) is 19.6 Å². The lowest BCUT2D eigenvalue weighted by Crippen LogP contribution is -2.41. The second kappa shape index (κ2) is 7.30. The summed E-state index contributed by atoms with van der Waals surface area (Å²) >= 11 is 0. The standard InChI is InChI=1S/C14H16N2O5/c1-19-12(11-5-3-7-21-11)9-16-14(18)13(17)15-8-10-4-2-6-20-10/h2-7,12H,8-9H2,1H3,(H,15,17)(H,16,18)/t12-/m1/s1. The van der Waals surface area contributed by atoms with Crippen molar-refractivity contribution in [3.8, 4) is 0 Å². The molecule has 7 nitrogen and oxygen atoms in total. The van der Waals surface area contributed by atoms with Gasteiger partial charge in [-0.05, 0) is 24.3 Å². The number of nitrogens with one attached hydrogen (secondary N) is 2. The van der Waals surface area contributed by atoms with Crippen LogP contribution < -0.4 is 10.6 Å². The Morgan fingerprint density at radius 1 is 1.14 bits per heavy atom. The highest BCUT2D eigenvalue weighted by atomic mass is 16.5. The molecule has 2 amide bonds. The van der Waals surface area contributed by atoms with Gasteiger partial charge >= 0.3 is 11.8 Å². The van der Waals surface area contributed by atoms with E-state index < -0.39 is 17.9 Å². The summed E-state index contributed by atoms with van der Waals surface area (Å²) < 4.78 is 15.4. The van der Waals surface area contributed by atoms with Crippen molar-refractivity contribution in [2.75, 3.05) is 13.7 Å². The molecule has 2 aromatic rings. The van der Waals surface area contributed by atoms with Gasteiger partial charge in [-0.25, -0.2) is 0 Å². The number of furan rings is 2. The third-order valence-electron chi connectivity index (χ3n) is 2.80. The van der Waals surface area contributed by atoms with Gasteiger partial charge < -0.3 is 24.2 Å². The Kier molecular flexibility index (Phi) is 5.16. The lowest BCUT2D eigenvalue weighted by molar-refractivity contribution is -0.139. The average Bonchev–Trinajstić information content (AvgIpc) is 3.18. The Bertz CT molecular complexity index is 562. The minimum absolute atomic E-state index is 0.136. The van der Waals surface area contributed by atoms with E-state index in [2.05, 4.69) is 10.6 Å². The molecular formula is C14H16N2O5. The molecule has 0 saturated carbocycles. The molecule has 2 rings (SSSR count). The van der Waals surface area contributed by atoms with E-state index in [-0.39, 0.29) is 13.1 Å². The summed E-state index contributed by atoms with van der Waals surface area (Å²) in [5.74, 6) is -0.328. The molecule has 0 aliphatic rings. The highest BCUT2D eigenvalue weighted by molar-refractivity contribution is 6.35. The SMILES string of the molecule is CO[C@H](CNC(=O)C(=O)NCc1ccco1)c1ccco1. The van der Waals surface area contributed by atoms with Crippen molar-refractivity contribution in [3.63, 3.8) is 0 Å². The smallest absolute Gasteiger partial charge is 0.309 e. The molecule has 0 aliphatic heterocycles. The molecule has 0 bridgehead atoms. The van der Waals surface area contributed by atoms with Gasteiger partial charge in [-0.2, -0.15) is 0 Å². The fourth-order valence-corrected chi connectivity index (χ4v) is 1.70. The highest BCUT2D eigenvalue weighted by Gasteiger charge is 2.18. The summed E-state index contributed by atoms with van der Waals surface area (Å²) in [5.41, 5.74) is 0. The van der Waals surface area contributed by atoms with E-state index in [9.17, 15) is 9.59 Å². The maximum atomic E-state index is 11.7. The summed E-state index contributed by atoms with van der Waals surface area (Å²) in [7, 11) is 1.50. The van der Waals surface area contributed by atoms with E-state index in [1.807, 2.05) is 0 Å². The maximum Gasteiger partial charge on any atom is 0.309 e. The third-order valence-corrected chi connectivity index (χ3v) is 2.80. The summed E-state index contributed by atoms with van der Waals surface area (Å²) in [6.45, 7) is 0.294. The van der Waals surface area contributed by atoms with Crippen LogP contribution in [-0.2, 0) is 20.9 Å². The van der Waals surface area contributed by atoms with Crippen LogP contribution in [0.5, 0.6) is 0 Å². The van der Waals surface area contributed by atoms with E-state index in [0.29, 0.717) is 11.5 Å². The molecule has 0 radical (unpaired) electrons. The molecule has 112 valence electrons. The topological polar surface area (TPSA) is 93.7 Å². The molecule has 1 atom stereocenters. The molecule has 0 aromatic carbocycles. The molecule has 21 heavy (non-hydrogen) atoms. The summed E-state index contributed by atoms with van der Waals surface area (Å²) in [6.07, 6.45) is 2.56. The van der Waals surface area contributed by atoms with Gasteiger partial charge in [0.25, 0.3) is 0 Å². The lowest BCUT2D eigenvalue weighted by Gasteiger charge is -2.13. The number of hydrogen-bond acceptors (Lipinski definition) is 5. The molecule has 0 saturated heterocycles. The van der Waals surface area contributed by atoms with Crippen molar-refractivity contribution in [1.29, 1.82) is 0 Å². The number of ether oxygens (including phenoxy) is 1. The Morgan fingerprint density at radius 3 is 2.48 bits per heavy atom. The van der Waals surface area contributed by atoms with Crippen LogP contribution in [0.1, 0.15) is 17.6 Å². The first-order valence-corrected chi connectivity index (χ1v) is 6.35. The number of rotatable bonds is 6. The van der Waals surface area contributed by atoms with Crippen LogP contribution in [-0.4, -0.2) is 25.5 Å². The Hall–Kier alpha value is -2.54. The lowest BCUT2D eigenvalue weighted by atomic mass is 10.2. The first kappa shape index (κ1) is 14.9. The second-order valence-corrected chi connectivity index (χ2v) is 4.21. The molecule has 0 aliphatic carbocycles. The molecule has 0 spiro atoms. The molecule has 2 N–H and O–H groups in total. The van der Waals surface area contributed by atoms with E-state index in [1.54, 1.807) is 24.3 Å². The molecular weight excluding hydrogens is 276 g/mol. The Morgan fingerprint density at radius 2 is 1.86 bits per heavy atom. The number of hydrogen-bond donors (Lipinski definition) is 2. The fraction of sp³-hybridized carbons (Fsp3) is 0.286. The third kappa shape index (κ3) is 4.22. The molecule has 0 unspecified atom stereocenters. The zero-order chi connectivity index (χ0) is 15.1. The predicted molar refractivity (Wildman–Crippen MR) is 72.0 cm³/mol. The average molecular weight is 292 g/mol. The zero-order valence-electron chi connectivity index (χ0n) is 11.5. The summed E-state index contributed by atoms with van der Waals surface area (Å²) in [5, 5.41) is 4.94. The summed E-state index contributed by atoms with van der Waals surface area (Å²) in [4.78, 5) is 23.2. The number of carbonyl (C=O) groups excluding carboxylic acids is 2. The molecule has 0 fully saturated rings. The van der Waals surface area contributed by atoms with E-state index in [0.717, 1.165) is 0 Å². The van der Waals surface area contributed by atoms with Gasteiger partial charge in [0.1, 0.15) is 17.6 Å². The van der Waals surface area contributed by atoms with Gasteiger partial charge in [0.05, 0.1) is 25.6 Å². The van der Waals surface area contributed by atoms with Crippen LogP contribution in [0, 0.1) is 0 Å². The Labute approximate surface area is 121 Å². The predicted octanol–water partition coefficient (Wildman–Crippen LogP) is 0.993. The van der Waals surface area contributed by atoms with Crippen LogP contribution in [0.2, 0.25) is 0 Å². The molecule has 2 aromatic heterocycles. The number of methoxy groups -OCH3 is 1. The van der Waals surface area contributed by atoms with Crippen molar-refractivity contribution in [1.82, 2.24) is 10.6 Å². The normalized spacial score (nSPS) is 11.9. The van der Waals surface area contributed by atoms with Crippen molar-refractivity contribution < 1.29 is 23.2 Å². The van der Waals surface area contributed by atoms with Gasteiger partial charge in [-0.1, -0.05) is 0 Å². The Balaban J connectivity index is 1.76. The van der Waals surface area contributed by atoms with Crippen LogP contribution in [0.3, 0.4) is 0 Å². The van der Waals surface area contributed by atoms with Crippen LogP contribution in [0.25, 0.3) is 0 Å². The largest absolute Gasteiger partial charge is 0.467 e. The van der Waals surface area contributed by atoms with E-state index in [4.69, 9.17) is 13.6 Å². The summed E-state index contributed by atoms with van der Waals surface area (Å²) in [6, 6.07) is 6.86. The highest BCUT2D eigenvalue weighted by Crippen LogP contribution is 2.15. The van der Waals surface area contributed by atoms with Crippen LogP contribution in [0.4, 0.5) is 0 Å². The maximum absolute atomic E-state index is 11.7. The first-order valence-electron chi connectivity index (χ1n) is 6.35. The second-order valence-electron chi connectivity index (χ2n) is 4.21. The minimum atomic E-state index is -0.741. The van der Waals surface area contributed by atoms with Crippen LogP contribution >= 0.6 is 0 Å². The van der Waals surface area contributed by atoms with E-state index >= 15 is 0 Å². The fourth-order valence-electron chi connectivity index (χ4n) is 1.70. The van der Waals surface area contributed by atoms with Gasteiger partial charge in [0.2, 0.25) is 0 Å². The van der Waals surface area contributed by atoms with Crippen molar-refractivity contribution in [2.24, 2.45) is 0 Å². The molecule has 2 heterocycles. The quantitative estimate of drug-likeness (QED) is 0.774. The molecule has 7 heteroatoms. The minimum Gasteiger partial charge on any atom is -0.467 e. The van der Waals surface area contributed by atoms with Crippen molar-refractivity contribution in [2.45, 2.75) is 12.6 Å². The monoisotopic (exact) mass is 292 g/mol. The zero-order valence-corrected chi connectivity index (χ0v) is 11.5.